The first-order valence-electron chi connectivity index (χ1n) is 11.0. The highest BCUT2D eigenvalue weighted by atomic mass is 35.5. The van der Waals surface area contributed by atoms with Gasteiger partial charge in [0.25, 0.3) is 5.91 Å². The van der Waals surface area contributed by atoms with Gasteiger partial charge in [-0.15, -0.1) is 0 Å². The second-order valence-electron chi connectivity index (χ2n) is 8.15. The fourth-order valence-electron chi connectivity index (χ4n) is 3.36. The molecule has 1 amide bonds. The Bertz CT molecular complexity index is 934. The Morgan fingerprint density at radius 1 is 1.22 bits per heavy atom. The van der Waals surface area contributed by atoms with Crippen LogP contribution in [0.1, 0.15) is 48.5 Å². The number of halogens is 2. The van der Waals surface area contributed by atoms with E-state index in [0.29, 0.717) is 24.4 Å². The maximum Gasteiger partial charge on any atom is 0.251 e. The van der Waals surface area contributed by atoms with Crippen molar-refractivity contribution in [2.24, 2.45) is 5.92 Å². The van der Waals surface area contributed by atoms with E-state index >= 15 is 0 Å². The first-order chi connectivity index (χ1) is 15.4. The average Bonchev–Trinajstić information content (AvgIpc) is 3.59. The number of benzene rings is 1. The van der Waals surface area contributed by atoms with E-state index in [1.165, 1.54) is 25.0 Å². The highest BCUT2D eigenvalue weighted by molar-refractivity contribution is 6.33. The van der Waals surface area contributed by atoms with Gasteiger partial charge in [-0.1, -0.05) is 78.7 Å². The van der Waals surface area contributed by atoms with Crippen molar-refractivity contribution in [3.05, 3.63) is 63.9 Å². The van der Waals surface area contributed by atoms with Crippen LogP contribution >= 0.6 is 23.2 Å². The molecule has 1 unspecified atom stereocenters. The number of hydrogen-bond donors (Lipinski definition) is 3. The zero-order chi connectivity index (χ0) is 22.9. The van der Waals surface area contributed by atoms with E-state index in [9.17, 15) is 9.90 Å². The quantitative estimate of drug-likeness (QED) is 0.355. The van der Waals surface area contributed by atoms with E-state index in [-0.39, 0.29) is 22.3 Å². The third-order valence-electron chi connectivity index (χ3n) is 5.29. The summed E-state index contributed by atoms with van der Waals surface area (Å²) in [5, 5.41) is 17.6. The number of hydrogen-bond acceptors (Lipinski definition) is 4. The topological polar surface area (TPSA) is 74.2 Å². The summed E-state index contributed by atoms with van der Waals surface area (Å²) in [4.78, 5) is 16.7. The lowest BCUT2D eigenvalue weighted by Gasteiger charge is -2.26. The van der Waals surface area contributed by atoms with Crippen LogP contribution in [0.3, 0.4) is 0 Å². The van der Waals surface area contributed by atoms with Gasteiger partial charge in [-0.3, -0.25) is 4.79 Å². The number of carbonyl (C=O) groups excluding carboxylic acids is 1. The Labute approximate surface area is 199 Å². The second-order valence-corrected chi connectivity index (χ2v) is 8.93. The second kappa shape index (κ2) is 12.2. The molecule has 0 bridgehead atoms. The number of pyridine rings is 1. The fourth-order valence-corrected chi connectivity index (χ4v) is 3.82. The highest BCUT2D eigenvalue weighted by Crippen LogP contribution is 2.27. The molecule has 1 aromatic heterocycles. The number of nitrogens with one attached hydrogen (secondary N) is 2. The summed E-state index contributed by atoms with van der Waals surface area (Å²) in [6.45, 7) is 2.44. The first kappa shape index (κ1) is 24.5. The van der Waals surface area contributed by atoms with Gasteiger partial charge in [0.1, 0.15) is 10.3 Å². The van der Waals surface area contributed by atoms with Gasteiger partial charge < -0.3 is 15.7 Å². The first-order valence-corrected chi connectivity index (χ1v) is 11.8. The van der Waals surface area contributed by atoms with E-state index in [1.807, 2.05) is 30.3 Å². The summed E-state index contributed by atoms with van der Waals surface area (Å²) in [6.07, 6.45) is 3.95. The summed E-state index contributed by atoms with van der Waals surface area (Å²) in [6, 6.07) is 12.2. The summed E-state index contributed by atoms with van der Waals surface area (Å²) < 4.78 is 0. The molecule has 1 aliphatic rings. The Morgan fingerprint density at radius 2 is 1.91 bits per heavy atom. The highest BCUT2D eigenvalue weighted by Gasteiger charge is 2.24. The molecule has 7 heteroatoms. The van der Waals surface area contributed by atoms with Crippen LogP contribution in [0.15, 0.2) is 42.5 Å². The van der Waals surface area contributed by atoms with Crippen molar-refractivity contribution in [1.29, 1.82) is 0 Å². The van der Waals surface area contributed by atoms with Gasteiger partial charge >= 0.3 is 0 Å². The third kappa shape index (κ3) is 8.11. The van der Waals surface area contributed by atoms with Crippen LogP contribution in [0.25, 0.3) is 0 Å². The van der Waals surface area contributed by atoms with Gasteiger partial charge in [0.15, 0.2) is 0 Å². The van der Waals surface area contributed by atoms with E-state index in [2.05, 4.69) is 34.4 Å². The summed E-state index contributed by atoms with van der Waals surface area (Å²) in [5.74, 6) is 6.78. The summed E-state index contributed by atoms with van der Waals surface area (Å²) in [5.41, 5.74) is 1.31. The predicted molar refractivity (Wildman–Crippen MR) is 129 cm³/mol. The van der Waals surface area contributed by atoms with Crippen LogP contribution in [0.4, 0.5) is 0 Å². The molecule has 0 spiro atoms. The largest absolute Gasteiger partial charge is 0.390 e. The maximum absolute atomic E-state index is 12.9. The van der Waals surface area contributed by atoms with Gasteiger partial charge in [-0.2, -0.15) is 0 Å². The van der Waals surface area contributed by atoms with Gasteiger partial charge in [0.2, 0.25) is 0 Å². The smallest absolute Gasteiger partial charge is 0.251 e. The van der Waals surface area contributed by atoms with Crippen molar-refractivity contribution in [1.82, 2.24) is 15.6 Å². The summed E-state index contributed by atoms with van der Waals surface area (Å²) >= 11 is 11.9. The van der Waals surface area contributed by atoms with E-state index in [4.69, 9.17) is 23.2 Å². The Kier molecular flexibility index (Phi) is 9.37. The minimum Gasteiger partial charge on any atom is -0.390 e. The number of rotatable bonds is 10. The van der Waals surface area contributed by atoms with E-state index < -0.39 is 12.1 Å². The zero-order valence-electron chi connectivity index (χ0n) is 18.2. The SMILES string of the molecule is CCCC(C#CC1CC1)NC[C@@H](O)[C@H](Cc1ccccc1)NC(=O)c1cc(Cl)nc(Cl)c1. The molecule has 0 radical (unpaired) electrons. The monoisotopic (exact) mass is 473 g/mol. The molecule has 1 fully saturated rings. The fraction of sp³-hybridized carbons (Fsp3) is 0.440. The van der Waals surface area contributed by atoms with Crippen molar-refractivity contribution in [3.63, 3.8) is 0 Å². The molecular formula is C25H29Cl2N3O2. The van der Waals surface area contributed by atoms with Crippen molar-refractivity contribution < 1.29 is 9.90 Å². The molecule has 3 N–H and O–H groups in total. The maximum atomic E-state index is 12.9. The van der Waals surface area contributed by atoms with Gasteiger partial charge in [0, 0.05) is 18.0 Å². The van der Waals surface area contributed by atoms with Crippen molar-refractivity contribution >= 4 is 29.1 Å². The number of nitrogens with zero attached hydrogens (tertiary/aromatic N) is 1. The van der Waals surface area contributed by atoms with Crippen LogP contribution in [0.5, 0.6) is 0 Å². The molecule has 5 nitrogen and oxygen atoms in total. The molecule has 1 saturated carbocycles. The lowest BCUT2D eigenvalue weighted by atomic mass is 10.00. The van der Waals surface area contributed by atoms with Crippen molar-refractivity contribution in [2.75, 3.05) is 6.54 Å². The minimum absolute atomic E-state index is 0.0288. The molecule has 2 aromatic rings. The summed E-state index contributed by atoms with van der Waals surface area (Å²) in [7, 11) is 0. The molecule has 0 saturated heterocycles. The molecule has 170 valence electrons. The average molecular weight is 474 g/mol. The van der Waals surface area contributed by atoms with Crippen LogP contribution in [-0.4, -0.2) is 40.7 Å². The van der Waals surface area contributed by atoms with Crippen LogP contribution in [0, 0.1) is 17.8 Å². The lowest BCUT2D eigenvalue weighted by Crippen LogP contribution is -2.50. The molecule has 3 atom stereocenters. The molecule has 1 heterocycles. The van der Waals surface area contributed by atoms with Gasteiger partial charge in [-0.05, 0) is 43.4 Å². The Balaban J connectivity index is 1.69. The Hall–Kier alpha value is -2.10. The predicted octanol–water partition coefficient (Wildman–Crippen LogP) is 4.26. The van der Waals surface area contributed by atoms with Gasteiger partial charge in [-0.25, -0.2) is 4.98 Å². The van der Waals surface area contributed by atoms with Gasteiger partial charge in [0.05, 0.1) is 18.2 Å². The van der Waals surface area contributed by atoms with E-state index in [0.717, 1.165) is 18.4 Å². The van der Waals surface area contributed by atoms with Crippen molar-refractivity contribution in [3.8, 4) is 11.8 Å². The van der Waals surface area contributed by atoms with Crippen molar-refractivity contribution in [2.45, 2.75) is 57.2 Å². The number of aliphatic hydroxyl groups is 1. The van der Waals surface area contributed by atoms with Crippen LogP contribution in [-0.2, 0) is 6.42 Å². The normalized spacial score (nSPS) is 15.9. The van der Waals surface area contributed by atoms with Crippen LogP contribution < -0.4 is 10.6 Å². The standard InChI is InChI=1S/C25H29Cl2N3O2/c1-2-6-20(12-11-17-9-10-17)28-16-22(31)21(13-18-7-4-3-5-8-18)29-25(32)19-14-23(26)30-24(27)15-19/h3-5,7-8,14-15,17,20-22,28,31H,2,6,9-10,13,16H2,1H3,(H,29,32)/t20?,21-,22+/m0/s1. The van der Waals surface area contributed by atoms with E-state index in [1.54, 1.807) is 0 Å². The molecular weight excluding hydrogens is 445 g/mol. The minimum atomic E-state index is -0.811. The number of amides is 1. The number of aliphatic hydroxyl groups excluding tert-OH is 1. The lowest BCUT2D eigenvalue weighted by molar-refractivity contribution is 0.0827. The number of aromatic nitrogens is 1. The number of carbonyl (C=O) groups is 1. The molecule has 0 aliphatic heterocycles. The van der Waals surface area contributed by atoms with Crippen LogP contribution in [0.2, 0.25) is 10.3 Å². The zero-order valence-corrected chi connectivity index (χ0v) is 19.7. The molecule has 32 heavy (non-hydrogen) atoms. The Morgan fingerprint density at radius 3 is 2.53 bits per heavy atom. The molecule has 1 aromatic carbocycles. The molecule has 1 aliphatic carbocycles. The third-order valence-corrected chi connectivity index (χ3v) is 5.68. The molecule has 3 rings (SSSR count).